The molecule has 0 amide bonds. The summed E-state index contributed by atoms with van der Waals surface area (Å²) in [7, 11) is 3.27. The quantitative estimate of drug-likeness (QED) is 0.782. The molecule has 3 nitrogen and oxygen atoms in total. The number of ether oxygens (including phenoxy) is 2. The zero-order valence-electron chi connectivity index (χ0n) is 11.9. The minimum absolute atomic E-state index is 0.213. The number of benzene rings is 1. The third-order valence-corrected chi connectivity index (χ3v) is 3.52. The number of hydrogen-bond donors (Lipinski definition) is 0. The first-order valence-corrected chi connectivity index (χ1v) is 6.85. The zero-order chi connectivity index (χ0) is 14.5. The summed E-state index contributed by atoms with van der Waals surface area (Å²) in [6.45, 7) is 2.01. The highest BCUT2D eigenvalue weighted by atomic mass is 35.5. The molecular weight excluding hydrogens is 274 g/mol. The molecule has 2 rings (SSSR count). The van der Waals surface area contributed by atoms with Gasteiger partial charge in [-0.2, -0.15) is 0 Å². The number of halogens is 1. The number of nitrogens with zero attached hydrogens (tertiary/aromatic N) is 1. The van der Waals surface area contributed by atoms with Crippen LogP contribution in [0.25, 0.3) is 0 Å². The van der Waals surface area contributed by atoms with Crippen LogP contribution in [0.5, 0.6) is 11.5 Å². The van der Waals surface area contributed by atoms with Gasteiger partial charge < -0.3 is 9.47 Å². The Labute approximate surface area is 124 Å². The van der Waals surface area contributed by atoms with Crippen LogP contribution in [0.15, 0.2) is 36.5 Å². The monoisotopic (exact) mass is 291 g/mol. The first kappa shape index (κ1) is 14.7. The predicted molar refractivity (Wildman–Crippen MR) is 80.8 cm³/mol. The second-order valence-corrected chi connectivity index (χ2v) is 5.13. The molecule has 1 aromatic carbocycles. The molecule has 4 heteroatoms. The Bertz CT molecular complexity index is 569. The first-order valence-electron chi connectivity index (χ1n) is 6.41. The van der Waals surface area contributed by atoms with Crippen molar-refractivity contribution in [3.63, 3.8) is 0 Å². The van der Waals surface area contributed by atoms with Crippen molar-refractivity contribution in [3.05, 3.63) is 53.3 Å². The van der Waals surface area contributed by atoms with Crippen LogP contribution in [0.3, 0.4) is 0 Å². The van der Waals surface area contributed by atoms with E-state index in [0.717, 1.165) is 28.3 Å². The molecule has 0 saturated carbocycles. The second kappa shape index (κ2) is 6.62. The van der Waals surface area contributed by atoms with Crippen molar-refractivity contribution < 1.29 is 9.47 Å². The van der Waals surface area contributed by atoms with Gasteiger partial charge in [0, 0.05) is 23.9 Å². The summed E-state index contributed by atoms with van der Waals surface area (Å²) in [5, 5.41) is -0.213. The van der Waals surface area contributed by atoms with Gasteiger partial charge in [-0.1, -0.05) is 6.07 Å². The van der Waals surface area contributed by atoms with Crippen molar-refractivity contribution >= 4 is 11.6 Å². The van der Waals surface area contributed by atoms with Crippen LogP contribution >= 0.6 is 11.6 Å². The molecule has 20 heavy (non-hydrogen) atoms. The Morgan fingerprint density at radius 1 is 1.15 bits per heavy atom. The lowest BCUT2D eigenvalue weighted by Crippen LogP contribution is -2.01. The van der Waals surface area contributed by atoms with Crippen molar-refractivity contribution in [3.8, 4) is 11.5 Å². The van der Waals surface area contributed by atoms with Crippen LogP contribution in [-0.2, 0) is 6.42 Å². The van der Waals surface area contributed by atoms with Gasteiger partial charge in [-0.05, 0) is 36.8 Å². The van der Waals surface area contributed by atoms with Gasteiger partial charge in [0.05, 0.1) is 19.6 Å². The van der Waals surface area contributed by atoms with Gasteiger partial charge in [0.1, 0.15) is 11.5 Å². The minimum atomic E-state index is -0.213. The molecule has 0 radical (unpaired) electrons. The largest absolute Gasteiger partial charge is 0.497 e. The van der Waals surface area contributed by atoms with Crippen molar-refractivity contribution in [1.29, 1.82) is 0 Å². The van der Waals surface area contributed by atoms with Crippen LogP contribution in [0, 0.1) is 6.92 Å². The number of rotatable bonds is 5. The Morgan fingerprint density at radius 2 is 1.95 bits per heavy atom. The highest BCUT2D eigenvalue weighted by molar-refractivity contribution is 6.21. The maximum absolute atomic E-state index is 6.52. The van der Waals surface area contributed by atoms with E-state index in [2.05, 4.69) is 4.98 Å². The van der Waals surface area contributed by atoms with E-state index in [1.807, 2.05) is 43.5 Å². The van der Waals surface area contributed by atoms with Gasteiger partial charge in [-0.3, -0.25) is 4.98 Å². The van der Waals surface area contributed by atoms with E-state index in [4.69, 9.17) is 21.1 Å². The topological polar surface area (TPSA) is 31.4 Å². The third kappa shape index (κ3) is 3.42. The van der Waals surface area contributed by atoms with Gasteiger partial charge in [-0.15, -0.1) is 11.6 Å². The maximum Gasteiger partial charge on any atom is 0.123 e. The summed E-state index contributed by atoms with van der Waals surface area (Å²) in [6, 6.07) is 9.67. The average Bonchev–Trinajstić information content (AvgIpc) is 2.48. The van der Waals surface area contributed by atoms with E-state index in [1.54, 1.807) is 14.2 Å². The van der Waals surface area contributed by atoms with E-state index in [1.165, 1.54) is 0 Å². The lowest BCUT2D eigenvalue weighted by Gasteiger charge is -2.15. The Hall–Kier alpha value is -1.74. The fourth-order valence-corrected chi connectivity index (χ4v) is 2.33. The Morgan fingerprint density at radius 3 is 2.55 bits per heavy atom. The fourth-order valence-electron chi connectivity index (χ4n) is 2.00. The molecule has 0 spiro atoms. The lowest BCUT2D eigenvalue weighted by molar-refractivity contribution is 0.398. The number of pyridine rings is 1. The summed E-state index contributed by atoms with van der Waals surface area (Å²) >= 11 is 6.52. The van der Waals surface area contributed by atoms with Crippen molar-refractivity contribution in [1.82, 2.24) is 4.98 Å². The highest BCUT2D eigenvalue weighted by Gasteiger charge is 2.16. The molecule has 1 aromatic heterocycles. The highest BCUT2D eigenvalue weighted by Crippen LogP contribution is 2.34. The van der Waals surface area contributed by atoms with Crippen molar-refractivity contribution in [2.75, 3.05) is 14.2 Å². The number of methoxy groups -OCH3 is 2. The second-order valence-electron chi connectivity index (χ2n) is 4.61. The lowest BCUT2D eigenvalue weighted by atomic mass is 10.1. The molecule has 106 valence electrons. The van der Waals surface area contributed by atoms with Crippen LogP contribution in [0.2, 0.25) is 0 Å². The van der Waals surface area contributed by atoms with Crippen LogP contribution < -0.4 is 9.47 Å². The third-order valence-electron chi connectivity index (χ3n) is 3.14. The van der Waals surface area contributed by atoms with E-state index < -0.39 is 0 Å². The average molecular weight is 292 g/mol. The van der Waals surface area contributed by atoms with Crippen LogP contribution in [0.1, 0.15) is 22.2 Å². The number of aromatic nitrogens is 1. The number of alkyl halides is 1. The summed E-state index contributed by atoms with van der Waals surface area (Å²) in [4.78, 5) is 4.39. The van der Waals surface area contributed by atoms with Gasteiger partial charge in [-0.25, -0.2) is 0 Å². The van der Waals surface area contributed by atoms with Crippen molar-refractivity contribution in [2.45, 2.75) is 18.7 Å². The molecule has 1 heterocycles. The van der Waals surface area contributed by atoms with Gasteiger partial charge in [0.2, 0.25) is 0 Å². The Kier molecular flexibility index (Phi) is 4.85. The summed E-state index contributed by atoms with van der Waals surface area (Å²) in [5.74, 6) is 1.53. The molecule has 1 atom stereocenters. The minimum Gasteiger partial charge on any atom is -0.497 e. The SMILES string of the molecule is COc1ccc(OC)c(C(Cl)Cc2ccc(C)cn2)c1. The van der Waals surface area contributed by atoms with Gasteiger partial charge >= 0.3 is 0 Å². The van der Waals surface area contributed by atoms with Crippen molar-refractivity contribution in [2.24, 2.45) is 0 Å². The maximum atomic E-state index is 6.52. The van der Waals surface area contributed by atoms with E-state index >= 15 is 0 Å². The van der Waals surface area contributed by atoms with Gasteiger partial charge in [0.25, 0.3) is 0 Å². The molecule has 0 aliphatic heterocycles. The summed E-state index contributed by atoms with van der Waals surface area (Å²) < 4.78 is 10.6. The molecule has 0 bridgehead atoms. The normalized spacial score (nSPS) is 12.0. The zero-order valence-corrected chi connectivity index (χ0v) is 12.6. The molecule has 0 N–H and O–H groups in total. The molecule has 0 fully saturated rings. The smallest absolute Gasteiger partial charge is 0.123 e. The predicted octanol–water partition coefficient (Wildman–Crippen LogP) is 3.93. The van der Waals surface area contributed by atoms with Crippen LogP contribution in [0.4, 0.5) is 0 Å². The van der Waals surface area contributed by atoms with E-state index in [-0.39, 0.29) is 5.38 Å². The number of hydrogen-bond acceptors (Lipinski definition) is 3. The molecule has 0 aliphatic rings. The fraction of sp³-hybridized carbons (Fsp3) is 0.312. The Balaban J connectivity index is 2.23. The molecule has 1 unspecified atom stereocenters. The first-order chi connectivity index (χ1) is 9.63. The standard InChI is InChI=1S/C16H18ClNO2/c1-11-4-5-12(18-10-11)8-15(17)14-9-13(19-2)6-7-16(14)20-3/h4-7,9-10,15H,8H2,1-3H3. The molecule has 0 aliphatic carbocycles. The molecule has 0 saturated heterocycles. The van der Waals surface area contributed by atoms with E-state index in [0.29, 0.717) is 6.42 Å². The summed E-state index contributed by atoms with van der Waals surface area (Å²) in [5.41, 5.74) is 3.01. The van der Waals surface area contributed by atoms with Crippen LogP contribution in [-0.4, -0.2) is 19.2 Å². The number of aryl methyl sites for hydroxylation is 1. The van der Waals surface area contributed by atoms with Gasteiger partial charge in [0.15, 0.2) is 0 Å². The van der Waals surface area contributed by atoms with E-state index in [9.17, 15) is 0 Å². The molecular formula is C16H18ClNO2. The summed E-state index contributed by atoms with van der Waals surface area (Å²) in [6.07, 6.45) is 2.49. The molecule has 2 aromatic rings.